The van der Waals surface area contributed by atoms with E-state index in [0.717, 1.165) is 0 Å². The molecular formula is C17H30O7. The second-order valence-electron chi connectivity index (χ2n) is 5.94. The Hall–Kier alpha value is -1.70. The molecule has 0 rings (SSSR count). The lowest BCUT2D eigenvalue weighted by Gasteiger charge is -2.23. The van der Waals surface area contributed by atoms with E-state index < -0.39 is 17.4 Å². The van der Waals surface area contributed by atoms with Gasteiger partial charge in [-0.2, -0.15) is 0 Å². The van der Waals surface area contributed by atoms with E-state index in [4.69, 9.17) is 19.7 Å². The van der Waals surface area contributed by atoms with E-state index in [1.807, 2.05) is 13.8 Å². The summed E-state index contributed by atoms with van der Waals surface area (Å²) in [5.74, 6) is -0.881. The van der Waals surface area contributed by atoms with Gasteiger partial charge in [-0.05, 0) is 13.8 Å². The largest absolute Gasteiger partial charge is 0.462 e. The zero-order valence-corrected chi connectivity index (χ0v) is 15.1. The Labute approximate surface area is 143 Å². The molecule has 0 aliphatic heterocycles. The molecule has 0 aliphatic rings. The molecule has 140 valence electrons. The number of esters is 2. The van der Waals surface area contributed by atoms with E-state index in [-0.39, 0.29) is 26.4 Å². The maximum Gasteiger partial charge on any atom is 0.333 e. The van der Waals surface area contributed by atoms with Gasteiger partial charge in [-0.1, -0.05) is 27.0 Å². The molecule has 7 heteroatoms. The standard InChI is InChI=1S/C13H20O4.C4H10O3/c1-9(2)11(14)16-7-13(5,6)8-17-12(15)10(3)4;5-1-3-7-4-2-6/h1,3,7-8H2,2,4-6H3;5-6H,1-4H2. The van der Waals surface area contributed by atoms with Gasteiger partial charge in [0.05, 0.1) is 39.6 Å². The van der Waals surface area contributed by atoms with Gasteiger partial charge in [0.1, 0.15) is 0 Å². The van der Waals surface area contributed by atoms with Gasteiger partial charge in [0.25, 0.3) is 0 Å². The van der Waals surface area contributed by atoms with E-state index >= 15 is 0 Å². The van der Waals surface area contributed by atoms with Crippen LogP contribution >= 0.6 is 0 Å². The minimum absolute atomic E-state index is 0.0278. The van der Waals surface area contributed by atoms with Gasteiger partial charge in [-0.25, -0.2) is 9.59 Å². The Kier molecular flexibility index (Phi) is 14.0. The lowest BCUT2D eigenvalue weighted by molar-refractivity contribution is -0.147. The average molecular weight is 346 g/mol. The number of ether oxygens (including phenoxy) is 3. The summed E-state index contributed by atoms with van der Waals surface area (Å²) >= 11 is 0. The number of carbonyl (C=O) groups excluding carboxylic acids is 2. The summed E-state index contributed by atoms with van der Waals surface area (Å²) in [7, 11) is 0. The molecule has 0 amide bonds. The minimum atomic E-state index is -0.440. The topological polar surface area (TPSA) is 102 Å². The third kappa shape index (κ3) is 15.2. The molecule has 0 saturated carbocycles. The van der Waals surface area contributed by atoms with Crippen LogP contribution in [0.15, 0.2) is 24.3 Å². The maximum absolute atomic E-state index is 11.2. The van der Waals surface area contributed by atoms with Crippen molar-refractivity contribution < 1.29 is 34.0 Å². The van der Waals surface area contributed by atoms with Crippen molar-refractivity contribution in [3.63, 3.8) is 0 Å². The Morgan fingerprint density at radius 1 is 0.875 bits per heavy atom. The number of carbonyl (C=O) groups is 2. The van der Waals surface area contributed by atoms with Crippen LogP contribution in [0.25, 0.3) is 0 Å². The van der Waals surface area contributed by atoms with Gasteiger partial charge in [0, 0.05) is 16.6 Å². The molecule has 0 aromatic rings. The fraction of sp³-hybridized carbons (Fsp3) is 0.647. The molecule has 24 heavy (non-hydrogen) atoms. The predicted molar refractivity (Wildman–Crippen MR) is 90.3 cm³/mol. The summed E-state index contributed by atoms with van der Waals surface area (Å²) in [4.78, 5) is 22.4. The van der Waals surface area contributed by atoms with Crippen LogP contribution in [-0.4, -0.2) is 61.8 Å². The molecular weight excluding hydrogens is 316 g/mol. The van der Waals surface area contributed by atoms with Crippen molar-refractivity contribution in [1.29, 1.82) is 0 Å². The second-order valence-corrected chi connectivity index (χ2v) is 5.94. The molecule has 0 spiro atoms. The first-order chi connectivity index (χ1) is 11.1. The molecule has 0 bridgehead atoms. The van der Waals surface area contributed by atoms with Crippen molar-refractivity contribution in [2.24, 2.45) is 5.41 Å². The molecule has 0 aliphatic carbocycles. The summed E-state index contributed by atoms with van der Waals surface area (Å²) in [6.07, 6.45) is 0. The van der Waals surface area contributed by atoms with Gasteiger partial charge >= 0.3 is 11.9 Å². The fourth-order valence-electron chi connectivity index (χ4n) is 1.04. The van der Waals surface area contributed by atoms with Crippen LogP contribution in [0.4, 0.5) is 0 Å². The Morgan fingerprint density at radius 2 is 1.21 bits per heavy atom. The van der Waals surface area contributed by atoms with E-state index in [1.54, 1.807) is 13.8 Å². The monoisotopic (exact) mass is 346 g/mol. The van der Waals surface area contributed by atoms with Crippen LogP contribution in [0.5, 0.6) is 0 Å². The molecule has 0 fully saturated rings. The van der Waals surface area contributed by atoms with Crippen LogP contribution < -0.4 is 0 Å². The fourth-order valence-corrected chi connectivity index (χ4v) is 1.04. The quantitative estimate of drug-likeness (QED) is 0.348. The SMILES string of the molecule is C=C(C)C(=O)OCC(C)(C)COC(=O)C(=C)C.OCCOCCO. The minimum Gasteiger partial charge on any atom is -0.462 e. The molecule has 2 N–H and O–H groups in total. The number of aliphatic hydroxyl groups excluding tert-OH is 2. The smallest absolute Gasteiger partial charge is 0.333 e. The number of hydrogen-bond donors (Lipinski definition) is 2. The molecule has 0 aromatic carbocycles. The van der Waals surface area contributed by atoms with Crippen molar-refractivity contribution >= 4 is 11.9 Å². The van der Waals surface area contributed by atoms with Crippen molar-refractivity contribution in [3.8, 4) is 0 Å². The maximum atomic E-state index is 11.2. The second kappa shape index (κ2) is 13.7. The van der Waals surface area contributed by atoms with Crippen LogP contribution in [0.2, 0.25) is 0 Å². The highest BCUT2D eigenvalue weighted by Gasteiger charge is 2.23. The molecule has 0 radical (unpaired) electrons. The molecule has 0 saturated heterocycles. The van der Waals surface area contributed by atoms with Crippen molar-refractivity contribution in [1.82, 2.24) is 0 Å². The summed E-state index contributed by atoms with van der Waals surface area (Å²) in [6, 6.07) is 0. The summed E-state index contributed by atoms with van der Waals surface area (Å²) in [5, 5.41) is 16.2. The van der Waals surface area contributed by atoms with E-state index in [0.29, 0.717) is 24.4 Å². The first-order valence-electron chi connectivity index (χ1n) is 7.52. The molecule has 0 heterocycles. The normalized spacial score (nSPS) is 10.2. The highest BCUT2D eigenvalue weighted by molar-refractivity contribution is 5.87. The van der Waals surface area contributed by atoms with Crippen LogP contribution in [0, 0.1) is 5.41 Å². The average Bonchev–Trinajstić information content (AvgIpc) is 2.51. The summed E-state index contributed by atoms with van der Waals surface area (Å²) in [5.41, 5.74) is 0.260. The first-order valence-corrected chi connectivity index (χ1v) is 7.52. The van der Waals surface area contributed by atoms with Crippen LogP contribution in [0.3, 0.4) is 0 Å². The zero-order valence-electron chi connectivity index (χ0n) is 15.1. The van der Waals surface area contributed by atoms with E-state index in [1.165, 1.54) is 0 Å². The highest BCUT2D eigenvalue weighted by atomic mass is 16.5. The predicted octanol–water partition coefficient (Wildman–Crippen LogP) is 1.24. The van der Waals surface area contributed by atoms with Crippen molar-refractivity contribution in [3.05, 3.63) is 24.3 Å². The summed E-state index contributed by atoms with van der Waals surface area (Å²) in [6.45, 7) is 14.8. The van der Waals surface area contributed by atoms with E-state index in [2.05, 4.69) is 17.9 Å². The number of hydrogen-bond acceptors (Lipinski definition) is 7. The van der Waals surface area contributed by atoms with Crippen molar-refractivity contribution in [2.45, 2.75) is 27.7 Å². The number of rotatable bonds is 10. The Bertz CT molecular complexity index is 377. The van der Waals surface area contributed by atoms with Gasteiger partial charge in [0.2, 0.25) is 0 Å². The zero-order chi connectivity index (χ0) is 19.2. The highest BCUT2D eigenvalue weighted by Crippen LogP contribution is 2.17. The first kappa shape index (κ1) is 24.6. The molecule has 7 nitrogen and oxygen atoms in total. The van der Waals surface area contributed by atoms with Gasteiger partial charge in [-0.15, -0.1) is 0 Å². The van der Waals surface area contributed by atoms with Gasteiger partial charge < -0.3 is 24.4 Å². The van der Waals surface area contributed by atoms with Crippen LogP contribution in [0.1, 0.15) is 27.7 Å². The summed E-state index contributed by atoms with van der Waals surface area (Å²) < 4.78 is 14.6. The lowest BCUT2D eigenvalue weighted by Crippen LogP contribution is -2.28. The van der Waals surface area contributed by atoms with E-state index in [9.17, 15) is 9.59 Å². The number of aliphatic hydroxyl groups is 2. The van der Waals surface area contributed by atoms with Crippen molar-refractivity contribution in [2.75, 3.05) is 39.6 Å². The third-order valence-corrected chi connectivity index (χ3v) is 2.36. The Morgan fingerprint density at radius 3 is 1.46 bits per heavy atom. The van der Waals surface area contributed by atoms with Crippen LogP contribution in [-0.2, 0) is 23.8 Å². The Balaban J connectivity index is 0. The molecule has 0 unspecified atom stereocenters. The van der Waals surface area contributed by atoms with Gasteiger partial charge in [-0.3, -0.25) is 0 Å². The molecule has 0 atom stereocenters. The van der Waals surface area contributed by atoms with Gasteiger partial charge in [0.15, 0.2) is 0 Å². The third-order valence-electron chi connectivity index (χ3n) is 2.36. The molecule has 0 aromatic heterocycles. The lowest BCUT2D eigenvalue weighted by atomic mass is 9.96.